The number of carbonyl (C=O) groups is 1. The molecule has 0 saturated carbocycles. The number of Topliss-reactive ketones (excluding diaryl/α,β-unsaturated/α-hetero) is 1. The summed E-state index contributed by atoms with van der Waals surface area (Å²) in [4.78, 5) is 12.6. The van der Waals surface area contributed by atoms with Gasteiger partial charge in [0.25, 0.3) is 0 Å². The van der Waals surface area contributed by atoms with Gasteiger partial charge in [0, 0.05) is 23.1 Å². The Morgan fingerprint density at radius 1 is 1.37 bits per heavy atom. The van der Waals surface area contributed by atoms with Crippen LogP contribution in [0.4, 0.5) is 0 Å². The minimum atomic E-state index is -0.0904. The van der Waals surface area contributed by atoms with E-state index in [0.717, 1.165) is 19.4 Å². The molecule has 1 aromatic rings. The molecule has 0 aromatic heterocycles. The van der Waals surface area contributed by atoms with Gasteiger partial charge in [0.2, 0.25) is 0 Å². The van der Waals surface area contributed by atoms with Crippen molar-refractivity contribution < 1.29 is 19.0 Å². The lowest BCUT2D eigenvalue weighted by atomic mass is 9.92. The maximum atomic E-state index is 12.6. The molecular weight excluding hydrogens is 312 g/mol. The molecule has 19 heavy (non-hydrogen) atoms. The van der Waals surface area contributed by atoms with Crippen molar-refractivity contribution in [1.82, 2.24) is 0 Å². The van der Waals surface area contributed by atoms with E-state index in [9.17, 15) is 4.79 Å². The summed E-state index contributed by atoms with van der Waals surface area (Å²) in [5, 5.41) is 0. The van der Waals surface area contributed by atoms with Crippen molar-refractivity contribution in [2.75, 3.05) is 27.4 Å². The summed E-state index contributed by atoms with van der Waals surface area (Å²) in [6.07, 6.45) is 1.78. The number of ketones is 1. The fraction of sp³-hybridized carbons (Fsp3) is 0.500. The predicted octanol–water partition coefficient (Wildman–Crippen LogP) is 3.08. The van der Waals surface area contributed by atoms with Gasteiger partial charge in [0.1, 0.15) is 11.5 Å². The average Bonchev–Trinajstić information content (AvgIpc) is 2.46. The van der Waals surface area contributed by atoms with Crippen LogP contribution >= 0.6 is 15.9 Å². The molecule has 2 rings (SSSR count). The Morgan fingerprint density at radius 3 is 2.74 bits per heavy atom. The third-order valence-electron chi connectivity index (χ3n) is 3.26. The van der Waals surface area contributed by atoms with Crippen LogP contribution in [0.2, 0.25) is 0 Å². The molecule has 5 heteroatoms. The van der Waals surface area contributed by atoms with Crippen molar-refractivity contribution in [3.63, 3.8) is 0 Å². The van der Waals surface area contributed by atoms with Crippen LogP contribution in [-0.2, 0) is 4.74 Å². The number of rotatable bonds is 4. The van der Waals surface area contributed by atoms with E-state index in [1.54, 1.807) is 26.4 Å². The van der Waals surface area contributed by atoms with E-state index < -0.39 is 0 Å². The van der Waals surface area contributed by atoms with E-state index >= 15 is 0 Å². The molecule has 1 aliphatic rings. The number of halogens is 1. The van der Waals surface area contributed by atoms with Crippen LogP contribution in [0.15, 0.2) is 16.6 Å². The Hall–Kier alpha value is -1.07. The SMILES string of the molecule is COc1cc(Br)c(C(=O)C2CCCOC2)c(OC)c1. The second-order valence-corrected chi connectivity index (χ2v) is 5.32. The molecule has 1 heterocycles. The van der Waals surface area contributed by atoms with Crippen molar-refractivity contribution in [2.45, 2.75) is 12.8 Å². The molecule has 104 valence electrons. The Morgan fingerprint density at radius 2 is 2.16 bits per heavy atom. The van der Waals surface area contributed by atoms with E-state index in [1.807, 2.05) is 0 Å². The summed E-state index contributed by atoms with van der Waals surface area (Å²) in [7, 11) is 3.13. The van der Waals surface area contributed by atoms with Crippen LogP contribution in [-0.4, -0.2) is 33.2 Å². The summed E-state index contributed by atoms with van der Waals surface area (Å²) in [5.74, 6) is 1.15. The zero-order valence-corrected chi connectivity index (χ0v) is 12.7. The highest BCUT2D eigenvalue weighted by Gasteiger charge is 2.27. The van der Waals surface area contributed by atoms with Gasteiger partial charge < -0.3 is 14.2 Å². The number of carbonyl (C=O) groups excluding carboxylic acids is 1. The van der Waals surface area contributed by atoms with Crippen molar-refractivity contribution in [3.8, 4) is 11.5 Å². The van der Waals surface area contributed by atoms with Gasteiger partial charge in [-0.2, -0.15) is 0 Å². The van der Waals surface area contributed by atoms with Crippen LogP contribution in [0.25, 0.3) is 0 Å². The third kappa shape index (κ3) is 3.09. The lowest BCUT2D eigenvalue weighted by molar-refractivity contribution is 0.0459. The van der Waals surface area contributed by atoms with Crippen LogP contribution in [0, 0.1) is 5.92 Å². The molecule has 0 amide bonds. The van der Waals surface area contributed by atoms with Gasteiger partial charge in [-0.25, -0.2) is 0 Å². The molecule has 1 atom stereocenters. The zero-order chi connectivity index (χ0) is 13.8. The highest BCUT2D eigenvalue weighted by atomic mass is 79.9. The number of hydrogen-bond donors (Lipinski definition) is 0. The van der Waals surface area contributed by atoms with Crippen molar-refractivity contribution in [2.24, 2.45) is 5.92 Å². The molecule has 1 saturated heterocycles. The minimum Gasteiger partial charge on any atom is -0.497 e. The third-order valence-corrected chi connectivity index (χ3v) is 3.89. The van der Waals surface area contributed by atoms with Crippen molar-refractivity contribution >= 4 is 21.7 Å². The average molecular weight is 329 g/mol. The molecule has 1 unspecified atom stereocenters. The van der Waals surface area contributed by atoms with Crippen LogP contribution in [0.3, 0.4) is 0 Å². The first-order valence-electron chi connectivity index (χ1n) is 6.21. The maximum absolute atomic E-state index is 12.6. The van der Waals surface area contributed by atoms with E-state index in [4.69, 9.17) is 14.2 Å². The van der Waals surface area contributed by atoms with Crippen LogP contribution < -0.4 is 9.47 Å². The number of ether oxygens (including phenoxy) is 3. The van der Waals surface area contributed by atoms with Gasteiger partial charge in [-0.1, -0.05) is 0 Å². The fourth-order valence-corrected chi connectivity index (χ4v) is 2.84. The molecular formula is C14H17BrO4. The molecule has 1 fully saturated rings. The highest BCUT2D eigenvalue weighted by molar-refractivity contribution is 9.10. The standard InChI is InChI=1S/C14H17BrO4/c1-17-10-6-11(15)13(12(7-10)18-2)14(16)9-4-3-5-19-8-9/h6-7,9H,3-5,8H2,1-2H3. The van der Waals surface area contributed by atoms with Crippen molar-refractivity contribution in [1.29, 1.82) is 0 Å². The summed E-state index contributed by atoms with van der Waals surface area (Å²) in [6.45, 7) is 1.23. The molecule has 1 aromatic carbocycles. The summed E-state index contributed by atoms with van der Waals surface area (Å²) in [5.41, 5.74) is 0.568. The zero-order valence-electron chi connectivity index (χ0n) is 11.1. The van der Waals surface area contributed by atoms with E-state index in [1.165, 1.54) is 0 Å². The second-order valence-electron chi connectivity index (χ2n) is 4.46. The first-order valence-corrected chi connectivity index (χ1v) is 7.00. The van der Waals surface area contributed by atoms with Gasteiger partial charge in [-0.05, 0) is 34.8 Å². The fourth-order valence-electron chi connectivity index (χ4n) is 2.23. The molecule has 0 spiro atoms. The van der Waals surface area contributed by atoms with Gasteiger partial charge in [-0.15, -0.1) is 0 Å². The lowest BCUT2D eigenvalue weighted by Crippen LogP contribution is -2.26. The van der Waals surface area contributed by atoms with Gasteiger partial charge in [0.05, 0.1) is 26.4 Å². The van der Waals surface area contributed by atoms with Crippen LogP contribution in [0.1, 0.15) is 23.2 Å². The molecule has 0 radical (unpaired) electrons. The Bertz CT molecular complexity index is 467. The summed E-state index contributed by atoms with van der Waals surface area (Å²) >= 11 is 3.43. The minimum absolute atomic E-state index is 0.0612. The summed E-state index contributed by atoms with van der Waals surface area (Å²) in [6, 6.07) is 3.50. The van der Waals surface area contributed by atoms with Gasteiger partial charge in [-0.3, -0.25) is 4.79 Å². The smallest absolute Gasteiger partial charge is 0.173 e. The molecule has 0 bridgehead atoms. The Labute approximate surface area is 121 Å². The summed E-state index contributed by atoms with van der Waals surface area (Å²) < 4.78 is 16.6. The van der Waals surface area contributed by atoms with Crippen molar-refractivity contribution in [3.05, 3.63) is 22.2 Å². The largest absolute Gasteiger partial charge is 0.497 e. The van der Waals surface area contributed by atoms with Gasteiger partial charge >= 0.3 is 0 Å². The predicted molar refractivity (Wildman–Crippen MR) is 75.1 cm³/mol. The molecule has 1 aliphatic heterocycles. The monoisotopic (exact) mass is 328 g/mol. The first kappa shape index (κ1) is 14.3. The van der Waals surface area contributed by atoms with Gasteiger partial charge in [0.15, 0.2) is 5.78 Å². The number of methoxy groups -OCH3 is 2. The lowest BCUT2D eigenvalue weighted by Gasteiger charge is -2.22. The maximum Gasteiger partial charge on any atom is 0.173 e. The Balaban J connectivity index is 2.34. The second kappa shape index (κ2) is 6.39. The quantitative estimate of drug-likeness (QED) is 0.797. The van der Waals surface area contributed by atoms with E-state index in [0.29, 0.717) is 28.1 Å². The molecule has 4 nitrogen and oxygen atoms in total. The number of benzene rings is 1. The number of hydrogen-bond acceptors (Lipinski definition) is 4. The normalized spacial score (nSPS) is 19.0. The van der Waals surface area contributed by atoms with Crippen LogP contribution in [0.5, 0.6) is 11.5 Å². The van der Waals surface area contributed by atoms with E-state index in [-0.39, 0.29) is 11.7 Å². The highest BCUT2D eigenvalue weighted by Crippen LogP contribution is 2.35. The Kier molecular flexibility index (Phi) is 4.82. The topological polar surface area (TPSA) is 44.8 Å². The van der Waals surface area contributed by atoms with E-state index in [2.05, 4.69) is 15.9 Å². The molecule has 0 aliphatic carbocycles. The molecule has 0 N–H and O–H groups in total. The first-order chi connectivity index (χ1) is 9.17.